The number of rotatable bonds is 4. The van der Waals surface area contributed by atoms with E-state index in [4.69, 9.17) is 0 Å². The number of hydrogen-bond acceptors (Lipinski definition) is 4. The van der Waals surface area contributed by atoms with Gasteiger partial charge in [-0.3, -0.25) is 9.59 Å². The van der Waals surface area contributed by atoms with Crippen molar-refractivity contribution in [3.05, 3.63) is 66.8 Å². The molecule has 1 aromatic rings. The number of benzene rings is 1. The number of aryl methyl sites for hydroxylation is 1. The summed E-state index contributed by atoms with van der Waals surface area (Å²) in [5, 5.41) is 0. The van der Waals surface area contributed by atoms with Crippen molar-refractivity contribution in [1.29, 1.82) is 0 Å². The molecule has 120 valence electrons. The van der Waals surface area contributed by atoms with E-state index < -0.39 is 21.5 Å². The van der Waals surface area contributed by atoms with Gasteiger partial charge >= 0.3 is 0 Å². The van der Waals surface area contributed by atoms with Crippen molar-refractivity contribution in [2.75, 3.05) is 0 Å². The third-order valence-corrected chi connectivity index (χ3v) is 5.46. The average Bonchev–Trinajstić information content (AvgIpc) is 2.50. The van der Waals surface area contributed by atoms with Crippen LogP contribution in [0.5, 0.6) is 0 Å². The molecule has 0 saturated carbocycles. The quantitative estimate of drug-likeness (QED) is 0.793. The molecule has 0 spiro atoms. The lowest BCUT2D eigenvalue weighted by Crippen LogP contribution is -2.50. The number of carbonyl (C=O) groups excluding carboxylic acids is 2. The molecule has 0 N–H and O–H groups in total. The highest BCUT2D eigenvalue weighted by molar-refractivity contribution is 7.89. The van der Waals surface area contributed by atoms with Gasteiger partial charge in [-0.1, -0.05) is 36.4 Å². The fourth-order valence-corrected chi connectivity index (χ4v) is 3.90. The van der Waals surface area contributed by atoms with E-state index in [9.17, 15) is 18.0 Å². The van der Waals surface area contributed by atoms with Crippen LogP contribution in [-0.4, -0.2) is 30.0 Å². The summed E-state index contributed by atoms with van der Waals surface area (Å²) in [5.74, 6) is -1.03. The van der Waals surface area contributed by atoms with Crippen LogP contribution in [0.2, 0.25) is 0 Å². The van der Waals surface area contributed by atoms with Gasteiger partial charge in [-0.15, -0.1) is 0 Å². The van der Waals surface area contributed by atoms with Crippen molar-refractivity contribution in [1.82, 2.24) is 4.31 Å². The fourth-order valence-electron chi connectivity index (χ4n) is 2.26. The number of nitrogens with zero attached hydrogens (tertiary/aromatic N) is 1. The molecule has 0 aliphatic heterocycles. The fraction of sp³-hybridized carbons (Fsp3) is 0.176. The largest absolute Gasteiger partial charge is 0.290 e. The molecule has 2 rings (SSSR count). The van der Waals surface area contributed by atoms with Crippen LogP contribution in [0.3, 0.4) is 0 Å². The van der Waals surface area contributed by atoms with E-state index >= 15 is 0 Å². The Balaban J connectivity index is 2.60. The molecule has 5 nitrogen and oxygen atoms in total. The topological polar surface area (TPSA) is 71.5 Å². The summed E-state index contributed by atoms with van der Waals surface area (Å²) in [5.41, 5.74) is -0.372. The highest BCUT2D eigenvalue weighted by Crippen LogP contribution is 2.29. The standard InChI is InChI=1S/C17H17NO4S/c1-4-16(20)18(17(3)11-9-14(19)10-12-17)23(21,22)15-7-5-13(2)6-8-15/h4-12H,1H2,2-3H3. The van der Waals surface area contributed by atoms with Crippen LogP contribution in [0.25, 0.3) is 0 Å². The summed E-state index contributed by atoms with van der Waals surface area (Å²) >= 11 is 0. The average molecular weight is 331 g/mol. The Bertz CT molecular complexity index is 801. The van der Waals surface area contributed by atoms with E-state index in [1.165, 1.54) is 36.4 Å². The highest BCUT2D eigenvalue weighted by atomic mass is 32.2. The summed E-state index contributed by atoms with van der Waals surface area (Å²) in [6, 6.07) is 6.20. The van der Waals surface area contributed by atoms with E-state index in [2.05, 4.69) is 6.58 Å². The molecule has 6 heteroatoms. The normalized spacial score (nSPS) is 16.2. The lowest BCUT2D eigenvalue weighted by Gasteiger charge is -2.36. The van der Waals surface area contributed by atoms with Crippen LogP contribution >= 0.6 is 0 Å². The van der Waals surface area contributed by atoms with Crippen LogP contribution in [-0.2, 0) is 19.6 Å². The van der Waals surface area contributed by atoms with Gasteiger partial charge in [0.2, 0.25) is 0 Å². The zero-order valence-corrected chi connectivity index (χ0v) is 13.7. The van der Waals surface area contributed by atoms with Crippen molar-refractivity contribution in [3.8, 4) is 0 Å². The summed E-state index contributed by atoms with van der Waals surface area (Å²) < 4.78 is 26.6. The number of sulfonamides is 1. The molecule has 0 fully saturated rings. The molecule has 0 aromatic heterocycles. The molecule has 23 heavy (non-hydrogen) atoms. The van der Waals surface area contributed by atoms with Crippen LogP contribution in [0, 0.1) is 6.92 Å². The van der Waals surface area contributed by atoms with Crippen molar-refractivity contribution in [2.24, 2.45) is 0 Å². The van der Waals surface area contributed by atoms with Gasteiger partial charge in [0.05, 0.1) is 10.4 Å². The lowest BCUT2D eigenvalue weighted by atomic mass is 9.96. The molecule has 0 unspecified atom stereocenters. The first-order chi connectivity index (χ1) is 10.7. The molecule has 1 amide bonds. The first-order valence-corrected chi connectivity index (χ1v) is 8.36. The van der Waals surface area contributed by atoms with Gasteiger partial charge in [0, 0.05) is 0 Å². The lowest BCUT2D eigenvalue weighted by molar-refractivity contribution is -0.123. The van der Waals surface area contributed by atoms with E-state index in [1.54, 1.807) is 19.1 Å². The maximum absolute atomic E-state index is 12.9. The zero-order chi connectivity index (χ0) is 17.3. The summed E-state index contributed by atoms with van der Waals surface area (Å²) in [6.45, 7) is 6.75. The summed E-state index contributed by atoms with van der Waals surface area (Å²) in [6.07, 6.45) is 6.21. The molecular formula is C17H17NO4S. The predicted octanol–water partition coefficient (Wildman–Crippen LogP) is 2.15. The van der Waals surface area contributed by atoms with Gasteiger partial charge in [0.25, 0.3) is 15.9 Å². The third kappa shape index (κ3) is 3.17. The predicted molar refractivity (Wildman–Crippen MR) is 87.1 cm³/mol. The maximum atomic E-state index is 12.9. The van der Waals surface area contributed by atoms with E-state index in [-0.39, 0.29) is 10.7 Å². The Morgan fingerprint density at radius 3 is 2.17 bits per heavy atom. The van der Waals surface area contributed by atoms with E-state index in [0.29, 0.717) is 0 Å². The Hall–Kier alpha value is -2.47. The van der Waals surface area contributed by atoms with Crippen LogP contribution in [0.15, 0.2) is 66.1 Å². The second kappa shape index (κ2) is 5.96. The highest BCUT2D eigenvalue weighted by Gasteiger charge is 2.41. The Labute approximate surface area is 135 Å². The molecule has 0 bridgehead atoms. The summed E-state index contributed by atoms with van der Waals surface area (Å²) in [7, 11) is -4.11. The molecular weight excluding hydrogens is 314 g/mol. The minimum atomic E-state index is -4.11. The number of amides is 1. The van der Waals surface area contributed by atoms with Gasteiger partial charge in [-0.25, -0.2) is 12.7 Å². The molecule has 0 atom stereocenters. The number of hydrogen-bond donors (Lipinski definition) is 0. The molecule has 1 aliphatic rings. The van der Waals surface area contributed by atoms with Gasteiger partial charge in [-0.2, -0.15) is 0 Å². The van der Waals surface area contributed by atoms with Gasteiger partial charge in [-0.05, 0) is 44.2 Å². The van der Waals surface area contributed by atoms with Crippen LogP contribution in [0.1, 0.15) is 12.5 Å². The number of allylic oxidation sites excluding steroid dienone is 2. The van der Waals surface area contributed by atoms with E-state index in [0.717, 1.165) is 15.9 Å². The van der Waals surface area contributed by atoms with Crippen LogP contribution < -0.4 is 0 Å². The minimum absolute atomic E-state index is 0.00164. The van der Waals surface area contributed by atoms with Crippen molar-refractivity contribution < 1.29 is 18.0 Å². The van der Waals surface area contributed by atoms with Crippen molar-refractivity contribution in [3.63, 3.8) is 0 Å². The van der Waals surface area contributed by atoms with Gasteiger partial charge in [0.15, 0.2) is 5.78 Å². The van der Waals surface area contributed by atoms with Crippen LogP contribution in [0.4, 0.5) is 0 Å². The van der Waals surface area contributed by atoms with Gasteiger partial charge in [0.1, 0.15) is 0 Å². The second-order valence-electron chi connectivity index (χ2n) is 5.42. The monoisotopic (exact) mass is 331 g/mol. The third-order valence-electron chi connectivity index (χ3n) is 3.54. The maximum Gasteiger partial charge on any atom is 0.267 e. The van der Waals surface area contributed by atoms with Crippen molar-refractivity contribution >= 4 is 21.7 Å². The molecule has 0 saturated heterocycles. The van der Waals surface area contributed by atoms with Gasteiger partial charge < -0.3 is 0 Å². The number of carbonyl (C=O) groups is 2. The molecule has 1 aromatic carbocycles. The smallest absolute Gasteiger partial charge is 0.267 e. The number of ketones is 1. The second-order valence-corrected chi connectivity index (χ2v) is 7.21. The first kappa shape index (κ1) is 16.9. The first-order valence-electron chi connectivity index (χ1n) is 6.92. The Morgan fingerprint density at radius 2 is 1.70 bits per heavy atom. The molecule has 1 aliphatic carbocycles. The Morgan fingerprint density at radius 1 is 1.17 bits per heavy atom. The Kier molecular flexibility index (Phi) is 4.38. The minimum Gasteiger partial charge on any atom is -0.290 e. The van der Waals surface area contributed by atoms with Crippen molar-refractivity contribution in [2.45, 2.75) is 24.3 Å². The molecule has 0 heterocycles. The SMILES string of the molecule is C=CC(=O)N(C1(C)C=CC(=O)C=C1)S(=O)(=O)c1ccc(C)cc1. The molecule has 0 radical (unpaired) electrons. The van der Waals surface area contributed by atoms with E-state index in [1.807, 2.05) is 6.92 Å². The zero-order valence-electron chi connectivity index (χ0n) is 12.9. The summed E-state index contributed by atoms with van der Waals surface area (Å²) in [4.78, 5) is 23.6.